The highest BCUT2D eigenvalue weighted by molar-refractivity contribution is 5.50. The second-order valence-corrected chi connectivity index (χ2v) is 4.35. The average Bonchev–Trinajstić information content (AvgIpc) is 3.05. The van der Waals surface area contributed by atoms with Crippen LogP contribution in [-0.4, -0.2) is 16.1 Å². The van der Waals surface area contributed by atoms with Crippen molar-refractivity contribution in [2.45, 2.75) is 18.4 Å². The molecule has 17 heavy (non-hydrogen) atoms. The highest BCUT2D eigenvalue weighted by Crippen LogP contribution is 2.54. The van der Waals surface area contributed by atoms with Crippen LogP contribution in [0.2, 0.25) is 0 Å². The van der Waals surface area contributed by atoms with Crippen molar-refractivity contribution >= 4 is 0 Å². The molecule has 4 rings (SSSR count). The van der Waals surface area contributed by atoms with Gasteiger partial charge in [0.15, 0.2) is 0 Å². The molecule has 4 nitrogen and oxygen atoms in total. The summed E-state index contributed by atoms with van der Waals surface area (Å²) >= 11 is 0. The Morgan fingerprint density at radius 3 is 3.18 bits per heavy atom. The normalized spacial score (nSPS) is 23.5. The topological polar surface area (TPSA) is 44.2 Å². The van der Waals surface area contributed by atoms with E-state index in [1.807, 2.05) is 12.1 Å². The Morgan fingerprint density at radius 1 is 1.29 bits per heavy atom. The van der Waals surface area contributed by atoms with E-state index >= 15 is 0 Å². The zero-order valence-corrected chi connectivity index (χ0v) is 9.04. The average molecular weight is 226 g/mol. The van der Waals surface area contributed by atoms with Crippen molar-refractivity contribution in [1.29, 1.82) is 0 Å². The molecule has 2 aliphatic rings. The highest BCUT2D eigenvalue weighted by Gasteiger charge is 2.48. The number of fused-ring (bicyclic) bond motifs is 3. The first-order chi connectivity index (χ1) is 8.40. The van der Waals surface area contributed by atoms with Gasteiger partial charge in [-0.25, -0.2) is 9.97 Å². The third-order valence-electron chi connectivity index (χ3n) is 3.17. The predicted molar refractivity (Wildman–Crippen MR) is 60.3 cm³/mol. The van der Waals surface area contributed by atoms with Gasteiger partial charge in [-0.2, -0.15) is 0 Å². The van der Waals surface area contributed by atoms with Crippen LogP contribution in [0.1, 0.15) is 17.9 Å². The van der Waals surface area contributed by atoms with E-state index in [-0.39, 0.29) is 0 Å². The van der Waals surface area contributed by atoms with Crippen molar-refractivity contribution < 1.29 is 9.47 Å². The van der Waals surface area contributed by atoms with E-state index < -0.39 is 0 Å². The fraction of sp³-hybridized carbons (Fsp3) is 0.231. The molecule has 0 bridgehead atoms. The lowest BCUT2D eigenvalue weighted by Gasteiger charge is -2.07. The Labute approximate surface area is 98.2 Å². The van der Waals surface area contributed by atoms with E-state index in [1.54, 1.807) is 12.3 Å². The summed E-state index contributed by atoms with van der Waals surface area (Å²) in [5, 5.41) is 0. The van der Waals surface area contributed by atoms with Crippen LogP contribution in [0.15, 0.2) is 36.8 Å². The summed E-state index contributed by atoms with van der Waals surface area (Å²) in [5.41, 5.74) is 1.27. The molecule has 4 heteroatoms. The highest BCUT2D eigenvalue weighted by atomic mass is 16.5. The van der Waals surface area contributed by atoms with Crippen LogP contribution in [0.4, 0.5) is 0 Å². The van der Waals surface area contributed by atoms with E-state index in [2.05, 4.69) is 16.0 Å². The third kappa shape index (κ3) is 1.45. The molecule has 0 N–H and O–H groups in total. The van der Waals surface area contributed by atoms with Crippen molar-refractivity contribution in [3.05, 3.63) is 42.4 Å². The molecule has 0 amide bonds. The van der Waals surface area contributed by atoms with E-state index in [4.69, 9.17) is 9.47 Å². The van der Waals surface area contributed by atoms with Crippen molar-refractivity contribution in [2.75, 3.05) is 0 Å². The first-order valence-electron chi connectivity index (χ1n) is 5.64. The molecule has 1 aromatic heterocycles. The van der Waals surface area contributed by atoms with Crippen LogP contribution >= 0.6 is 0 Å². The fourth-order valence-corrected chi connectivity index (χ4v) is 2.24. The molecule has 1 saturated carbocycles. The minimum absolute atomic E-state index is 0.416. The Morgan fingerprint density at radius 2 is 2.29 bits per heavy atom. The number of hydrogen-bond acceptors (Lipinski definition) is 4. The number of hydrogen-bond donors (Lipinski definition) is 0. The van der Waals surface area contributed by atoms with Crippen molar-refractivity contribution in [3.63, 3.8) is 0 Å². The molecule has 2 heterocycles. The SMILES string of the molecule is c1cc(Oc2ccc3c(c2)[C@H]2C[C@H]2O3)ncn1. The number of benzene rings is 1. The number of nitrogens with zero attached hydrogens (tertiary/aromatic N) is 2. The van der Waals surface area contributed by atoms with Gasteiger partial charge in [0.2, 0.25) is 5.88 Å². The minimum atomic E-state index is 0.416. The van der Waals surface area contributed by atoms with E-state index in [0.29, 0.717) is 17.9 Å². The maximum absolute atomic E-state index is 5.70. The third-order valence-corrected chi connectivity index (χ3v) is 3.17. The summed E-state index contributed by atoms with van der Waals surface area (Å²) in [6.45, 7) is 0. The lowest BCUT2D eigenvalue weighted by molar-refractivity contribution is 0.318. The minimum Gasteiger partial charge on any atom is -0.489 e. The Hall–Kier alpha value is -2.10. The zero-order chi connectivity index (χ0) is 11.2. The molecule has 0 radical (unpaired) electrons. The van der Waals surface area contributed by atoms with Crippen molar-refractivity contribution in [1.82, 2.24) is 9.97 Å². The van der Waals surface area contributed by atoms with E-state index in [1.165, 1.54) is 11.9 Å². The zero-order valence-electron chi connectivity index (χ0n) is 9.04. The van der Waals surface area contributed by atoms with Crippen LogP contribution in [0.5, 0.6) is 17.4 Å². The van der Waals surface area contributed by atoms with Gasteiger partial charge >= 0.3 is 0 Å². The molecule has 0 spiro atoms. The monoisotopic (exact) mass is 226 g/mol. The Kier molecular flexibility index (Phi) is 1.69. The number of aromatic nitrogens is 2. The molecule has 1 fully saturated rings. The first-order valence-corrected chi connectivity index (χ1v) is 5.64. The van der Waals surface area contributed by atoms with Gasteiger partial charge < -0.3 is 9.47 Å². The summed E-state index contributed by atoms with van der Waals surface area (Å²) in [4.78, 5) is 7.88. The molecule has 1 aliphatic carbocycles. The number of ether oxygens (including phenoxy) is 2. The van der Waals surface area contributed by atoms with Gasteiger partial charge in [-0.1, -0.05) is 0 Å². The van der Waals surface area contributed by atoms with Crippen LogP contribution in [0.25, 0.3) is 0 Å². The molecule has 1 aromatic carbocycles. The standard InChI is InChI=1S/C13H10N2O2/c1-2-11-9(10-6-12(10)17-11)5-8(1)16-13-3-4-14-7-15-13/h1-5,7,10,12H,6H2/t10-,12-/m1/s1. The summed E-state index contributed by atoms with van der Waals surface area (Å²) in [5.74, 6) is 2.95. The van der Waals surface area contributed by atoms with Gasteiger partial charge in [0.05, 0.1) is 0 Å². The van der Waals surface area contributed by atoms with Gasteiger partial charge in [0.25, 0.3) is 0 Å². The van der Waals surface area contributed by atoms with Crippen LogP contribution < -0.4 is 9.47 Å². The van der Waals surface area contributed by atoms with E-state index in [0.717, 1.165) is 17.9 Å². The molecule has 2 atom stereocenters. The van der Waals surface area contributed by atoms with E-state index in [9.17, 15) is 0 Å². The van der Waals surface area contributed by atoms with Crippen LogP contribution in [0, 0.1) is 0 Å². The quantitative estimate of drug-likeness (QED) is 0.789. The summed E-state index contributed by atoms with van der Waals surface area (Å²) < 4.78 is 11.4. The van der Waals surface area contributed by atoms with Gasteiger partial charge in [-0.3, -0.25) is 0 Å². The lowest BCUT2D eigenvalue weighted by atomic mass is 10.1. The molecule has 0 unspecified atom stereocenters. The van der Waals surface area contributed by atoms with Gasteiger partial charge in [0, 0.05) is 23.7 Å². The molecule has 84 valence electrons. The smallest absolute Gasteiger partial charge is 0.222 e. The first kappa shape index (κ1) is 8.98. The van der Waals surface area contributed by atoms with Crippen LogP contribution in [0.3, 0.4) is 0 Å². The second-order valence-electron chi connectivity index (χ2n) is 4.35. The summed E-state index contributed by atoms with van der Waals surface area (Å²) in [7, 11) is 0. The molecule has 1 aliphatic heterocycles. The van der Waals surface area contributed by atoms with Crippen LogP contribution in [-0.2, 0) is 0 Å². The Balaban J connectivity index is 1.65. The van der Waals surface area contributed by atoms with Crippen molar-refractivity contribution in [2.24, 2.45) is 0 Å². The largest absolute Gasteiger partial charge is 0.489 e. The fourth-order valence-electron chi connectivity index (χ4n) is 2.24. The Bertz CT molecular complexity index is 571. The molecule has 0 saturated heterocycles. The van der Waals surface area contributed by atoms with Gasteiger partial charge in [-0.15, -0.1) is 0 Å². The second kappa shape index (κ2) is 3.20. The molecular formula is C13H10N2O2. The summed E-state index contributed by atoms with van der Waals surface area (Å²) in [6, 6.07) is 7.67. The summed E-state index contributed by atoms with van der Waals surface area (Å²) in [6.07, 6.45) is 4.70. The van der Waals surface area contributed by atoms with Gasteiger partial charge in [-0.05, 0) is 24.6 Å². The number of rotatable bonds is 2. The predicted octanol–water partition coefficient (Wildman–Crippen LogP) is 2.52. The lowest BCUT2D eigenvalue weighted by Crippen LogP contribution is -1.91. The molecular weight excluding hydrogens is 216 g/mol. The van der Waals surface area contributed by atoms with Crippen molar-refractivity contribution in [3.8, 4) is 17.4 Å². The maximum atomic E-state index is 5.70. The molecule has 2 aromatic rings. The van der Waals surface area contributed by atoms with Gasteiger partial charge in [0.1, 0.15) is 23.9 Å². The maximum Gasteiger partial charge on any atom is 0.222 e.